The minimum atomic E-state index is 0. The summed E-state index contributed by atoms with van der Waals surface area (Å²) in [6.07, 6.45) is 5.39. The summed E-state index contributed by atoms with van der Waals surface area (Å²) in [4.78, 5) is 21.7. The number of guanidine groups is 1. The van der Waals surface area contributed by atoms with Crippen molar-refractivity contribution >= 4 is 35.9 Å². The SMILES string of the molecule is CCCc1nc(C)c(CN=C(N)N2CCN(c3ncccn3)CC2)o1.I. The van der Waals surface area contributed by atoms with Crippen LogP contribution in [0, 0.1) is 6.92 Å². The minimum absolute atomic E-state index is 0. The Labute approximate surface area is 170 Å². The molecule has 2 aromatic rings. The third-order valence-corrected chi connectivity index (χ3v) is 4.22. The Hall–Kier alpha value is -1.91. The molecule has 0 aromatic carbocycles. The highest BCUT2D eigenvalue weighted by Gasteiger charge is 2.20. The number of halogens is 1. The highest BCUT2D eigenvalue weighted by atomic mass is 127. The van der Waals surface area contributed by atoms with Crippen molar-refractivity contribution in [1.82, 2.24) is 19.9 Å². The van der Waals surface area contributed by atoms with Crippen LogP contribution >= 0.6 is 24.0 Å². The number of aliphatic imine (C=N–C) groups is 1. The van der Waals surface area contributed by atoms with E-state index >= 15 is 0 Å². The molecule has 0 atom stereocenters. The standard InChI is InChI=1S/C17H25N7O.HI/c1-3-5-15-22-13(2)14(25-15)12-21-16(18)23-8-10-24(11-9-23)17-19-6-4-7-20-17;/h4,6-7H,3,5,8-12H2,1-2H3,(H2,18,21);1H. The first-order chi connectivity index (χ1) is 12.2. The Balaban J connectivity index is 0.00000243. The van der Waals surface area contributed by atoms with Gasteiger partial charge in [0, 0.05) is 45.0 Å². The number of anilines is 1. The highest BCUT2D eigenvalue weighted by Crippen LogP contribution is 2.14. The lowest BCUT2D eigenvalue weighted by Crippen LogP contribution is -2.51. The van der Waals surface area contributed by atoms with Crippen LogP contribution in [0.25, 0.3) is 0 Å². The van der Waals surface area contributed by atoms with E-state index in [1.807, 2.05) is 13.0 Å². The zero-order valence-electron chi connectivity index (χ0n) is 15.3. The Morgan fingerprint density at radius 2 is 1.92 bits per heavy atom. The van der Waals surface area contributed by atoms with Crippen LogP contribution < -0.4 is 10.6 Å². The summed E-state index contributed by atoms with van der Waals surface area (Å²) < 4.78 is 5.75. The van der Waals surface area contributed by atoms with Crippen LogP contribution in [0.4, 0.5) is 5.95 Å². The van der Waals surface area contributed by atoms with Gasteiger partial charge in [0.2, 0.25) is 5.95 Å². The molecule has 26 heavy (non-hydrogen) atoms. The van der Waals surface area contributed by atoms with Gasteiger partial charge in [-0.3, -0.25) is 0 Å². The van der Waals surface area contributed by atoms with Gasteiger partial charge in [-0.2, -0.15) is 0 Å². The Bertz CT molecular complexity index is 711. The van der Waals surface area contributed by atoms with E-state index in [1.54, 1.807) is 12.4 Å². The molecule has 1 fully saturated rings. The van der Waals surface area contributed by atoms with E-state index in [4.69, 9.17) is 10.2 Å². The zero-order chi connectivity index (χ0) is 17.6. The van der Waals surface area contributed by atoms with Crippen molar-refractivity contribution in [3.05, 3.63) is 35.8 Å². The number of piperazine rings is 1. The monoisotopic (exact) mass is 471 g/mol. The second-order valence-corrected chi connectivity index (χ2v) is 6.06. The predicted octanol–water partition coefficient (Wildman–Crippen LogP) is 1.98. The molecular weight excluding hydrogens is 445 g/mol. The van der Waals surface area contributed by atoms with E-state index in [0.29, 0.717) is 12.5 Å². The average molecular weight is 471 g/mol. The molecule has 142 valence electrons. The number of hydrogen-bond acceptors (Lipinski definition) is 6. The Morgan fingerprint density at radius 1 is 1.23 bits per heavy atom. The summed E-state index contributed by atoms with van der Waals surface area (Å²) in [6.45, 7) is 7.72. The van der Waals surface area contributed by atoms with Crippen molar-refractivity contribution in [2.24, 2.45) is 10.7 Å². The second-order valence-electron chi connectivity index (χ2n) is 6.06. The predicted molar refractivity (Wildman–Crippen MR) is 112 cm³/mol. The van der Waals surface area contributed by atoms with Crippen LogP contribution in [-0.2, 0) is 13.0 Å². The van der Waals surface area contributed by atoms with Gasteiger partial charge in [-0.1, -0.05) is 6.92 Å². The molecule has 9 heteroatoms. The van der Waals surface area contributed by atoms with E-state index < -0.39 is 0 Å². The number of aryl methyl sites for hydroxylation is 2. The number of aromatic nitrogens is 3. The molecule has 0 saturated carbocycles. The average Bonchev–Trinajstić information content (AvgIpc) is 3.00. The second kappa shape index (κ2) is 9.70. The zero-order valence-corrected chi connectivity index (χ0v) is 17.6. The summed E-state index contributed by atoms with van der Waals surface area (Å²) in [5, 5.41) is 0. The van der Waals surface area contributed by atoms with E-state index in [1.165, 1.54) is 0 Å². The van der Waals surface area contributed by atoms with Crippen LogP contribution in [0.1, 0.15) is 30.7 Å². The van der Waals surface area contributed by atoms with Gasteiger partial charge >= 0.3 is 0 Å². The number of nitrogens with two attached hydrogens (primary N) is 1. The third kappa shape index (κ3) is 5.05. The molecule has 8 nitrogen and oxygen atoms in total. The minimum Gasteiger partial charge on any atom is -0.443 e. The molecule has 0 amide bonds. The van der Waals surface area contributed by atoms with Gasteiger partial charge in [0.05, 0.1) is 5.69 Å². The Kier molecular flexibility index (Phi) is 7.61. The molecule has 2 N–H and O–H groups in total. The maximum atomic E-state index is 6.16. The summed E-state index contributed by atoms with van der Waals surface area (Å²) in [7, 11) is 0. The lowest BCUT2D eigenvalue weighted by Gasteiger charge is -2.35. The van der Waals surface area contributed by atoms with Crippen LogP contribution in [0.3, 0.4) is 0 Å². The van der Waals surface area contributed by atoms with Crippen molar-refractivity contribution in [2.45, 2.75) is 33.2 Å². The van der Waals surface area contributed by atoms with Crippen molar-refractivity contribution in [3.8, 4) is 0 Å². The van der Waals surface area contributed by atoms with Crippen molar-refractivity contribution < 1.29 is 4.42 Å². The molecule has 3 heterocycles. The maximum Gasteiger partial charge on any atom is 0.225 e. The van der Waals surface area contributed by atoms with Gasteiger partial charge < -0.3 is 20.0 Å². The summed E-state index contributed by atoms with van der Waals surface area (Å²) in [5.74, 6) is 2.88. The topological polar surface area (TPSA) is 96.7 Å². The number of oxazole rings is 1. The fourth-order valence-electron chi connectivity index (χ4n) is 2.80. The van der Waals surface area contributed by atoms with Crippen LogP contribution in [0.2, 0.25) is 0 Å². The van der Waals surface area contributed by atoms with E-state index in [0.717, 1.165) is 62.3 Å². The first kappa shape index (κ1) is 20.4. The van der Waals surface area contributed by atoms with Gasteiger partial charge in [-0.05, 0) is 19.4 Å². The summed E-state index contributed by atoms with van der Waals surface area (Å²) in [5.41, 5.74) is 7.05. The molecule has 3 rings (SSSR count). The van der Waals surface area contributed by atoms with Gasteiger partial charge in [0.25, 0.3) is 0 Å². The highest BCUT2D eigenvalue weighted by molar-refractivity contribution is 14.0. The fraction of sp³-hybridized carbons (Fsp3) is 0.529. The molecular formula is C17H26IN7O. The third-order valence-electron chi connectivity index (χ3n) is 4.22. The van der Waals surface area contributed by atoms with Gasteiger partial charge in [-0.15, -0.1) is 24.0 Å². The number of nitrogens with zero attached hydrogens (tertiary/aromatic N) is 6. The normalized spacial score (nSPS) is 15.1. The lowest BCUT2D eigenvalue weighted by atomic mass is 10.3. The molecule has 1 aliphatic heterocycles. The lowest BCUT2D eigenvalue weighted by molar-refractivity contribution is 0.376. The van der Waals surface area contributed by atoms with Gasteiger partial charge in [-0.25, -0.2) is 19.9 Å². The largest absolute Gasteiger partial charge is 0.443 e. The van der Waals surface area contributed by atoms with Crippen molar-refractivity contribution in [2.75, 3.05) is 31.1 Å². The van der Waals surface area contributed by atoms with Crippen molar-refractivity contribution in [3.63, 3.8) is 0 Å². The molecule has 0 aliphatic carbocycles. The summed E-state index contributed by atoms with van der Waals surface area (Å²) >= 11 is 0. The molecule has 2 aromatic heterocycles. The quantitative estimate of drug-likeness (QED) is 0.405. The molecule has 1 aliphatic rings. The van der Waals surface area contributed by atoms with Crippen LogP contribution in [0.5, 0.6) is 0 Å². The number of hydrogen-bond donors (Lipinski definition) is 1. The van der Waals surface area contributed by atoms with E-state index in [-0.39, 0.29) is 24.0 Å². The number of rotatable bonds is 5. The molecule has 0 unspecified atom stereocenters. The Morgan fingerprint density at radius 3 is 2.58 bits per heavy atom. The van der Waals surface area contributed by atoms with E-state index in [2.05, 4.69) is 36.7 Å². The maximum absolute atomic E-state index is 6.16. The molecule has 0 radical (unpaired) electrons. The van der Waals surface area contributed by atoms with Gasteiger partial charge in [0.1, 0.15) is 12.3 Å². The van der Waals surface area contributed by atoms with Crippen molar-refractivity contribution in [1.29, 1.82) is 0 Å². The molecule has 0 bridgehead atoms. The summed E-state index contributed by atoms with van der Waals surface area (Å²) in [6, 6.07) is 1.82. The molecule has 1 saturated heterocycles. The first-order valence-corrected chi connectivity index (χ1v) is 8.69. The smallest absolute Gasteiger partial charge is 0.225 e. The van der Waals surface area contributed by atoms with Crippen LogP contribution in [-0.4, -0.2) is 52.0 Å². The van der Waals surface area contributed by atoms with Crippen LogP contribution in [0.15, 0.2) is 27.9 Å². The van der Waals surface area contributed by atoms with E-state index in [9.17, 15) is 0 Å². The van der Waals surface area contributed by atoms with Gasteiger partial charge in [0.15, 0.2) is 11.9 Å². The fourth-order valence-corrected chi connectivity index (χ4v) is 2.80. The first-order valence-electron chi connectivity index (χ1n) is 8.69. The molecule has 0 spiro atoms.